The van der Waals surface area contributed by atoms with E-state index in [9.17, 15) is 9.59 Å². The lowest BCUT2D eigenvalue weighted by Gasteiger charge is -2.08. The summed E-state index contributed by atoms with van der Waals surface area (Å²) < 4.78 is 2.88. The molecule has 0 bridgehead atoms. The van der Waals surface area contributed by atoms with E-state index in [1.54, 1.807) is 17.1 Å². The van der Waals surface area contributed by atoms with Gasteiger partial charge in [0.05, 0.1) is 23.1 Å². The number of aromatic nitrogens is 4. The summed E-state index contributed by atoms with van der Waals surface area (Å²) >= 11 is 5.84. The average molecular weight is 360 g/mol. The molecule has 2 aromatic heterocycles. The van der Waals surface area contributed by atoms with Crippen LogP contribution in [-0.2, 0) is 13.6 Å². The summed E-state index contributed by atoms with van der Waals surface area (Å²) in [5.74, 6) is -1.69. The van der Waals surface area contributed by atoms with Gasteiger partial charge in [-0.25, -0.2) is 9.48 Å². The fraction of sp³-hybridized carbons (Fsp3) is 0.125. The van der Waals surface area contributed by atoms with Crippen molar-refractivity contribution in [2.24, 2.45) is 7.05 Å². The van der Waals surface area contributed by atoms with Crippen LogP contribution in [0.25, 0.3) is 5.69 Å². The number of benzene rings is 1. The molecule has 0 aliphatic carbocycles. The SMILES string of the molecule is Cn1ncc(C(=O)O)c1C(=O)NCc1ccc(-n2cc(Cl)cn2)cc1. The van der Waals surface area contributed by atoms with Gasteiger partial charge >= 0.3 is 5.97 Å². The van der Waals surface area contributed by atoms with Gasteiger partial charge in [-0.3, -0.25) is 9.48 Å². The summed E-state index contributed by atoms with van der Waals surface area (Å²) in [4.78, 5) is 23.4. The highest BCUT2D eigenvalue weighted by Gasteiger charge is 2.21. The third kappa shape index (κ3) is 3.53. The van der Waals surface area contributed by atoms with Crippen molar-refractivity contribution >= 4 is 23.5 Å². The predicted octanol–water partition coefficient (Wildman–Crippen LogP) is 1.89. The number of amides is 1. The number of hydrogen-bond donors (Lipinski definition) is 2. The van der Waals surface area contributed by atoms with Crippen LogP contribution in [0.4, 0.5) is 0 Å². The van der Waals surface area contributed by atoms with Crippen molar-refractivity contribution in [3.63, 3.8) is 0 Å². The molecule has 8 nitrogen and oxygen atoms in total. The third-order valence-electron chi connectivity index (χ3n) is 3.59. The largest absolute Gasteiger partial charge is 0.478 e. The Morgan fingerprint density at radius 3 is 2.52 bits per heavy atom. The number of aromatic carboxylic acids is 1. The lowest BCUT2D eigenvalue weighted by molar-refractivity contribution is 0.0690. The molecule has 0 spiro atoms. The van der Waals surface area contributed by atoms with E-state index in [1.807, 2.05) is 24.3 Å². The molecule has 0 saturated carbocycles. The first-order valence-corrected chi connectivity index (χ1v) is 7.66. The number of halogens is 1. The van der Waals surface area contributed by atoms with E-state index in [0.717, 1.165) is 17.4 Å². The first kappa shape index (κ1) is 16.7. The van der Waals surface area contributed by atoms with E-state index in [1.165, 1.54) is 11.7 Å². The molecule has 2 heterocycles. The second-order valence-electron chi connectivity index (χ2n) is 5.29. The fourth-order valence-corrected chi connectivity index (χ4v) is 2.47. The molecule has 25 heavy (non-hydrogen) atoms. The van der Waals surface area contributed by atoms with Crippen molar-refractivity contribution in [3.05, 3.63) is 64.7 Å². The maximum atomic E-state index is 12.3. The third-order valence-corrected chi connectivity index (χ3v) is 3.78. The van der Waals surface area contributed by atoms with Crippen LogP contribution in [0.3, 0.4) is 0 Å². The Hall–Kier alpha value is -3.13. The molecule has 2 N–H and O–H groups in total. The number of nitrogens with one attached hydrogen (secondary N) is 1. The van der Waals surface area contributed by atoms with E-state index in [0.29, 0.717) is 5.02 Å². The normalized spacial score (nSPS) is 10.6. The molecule has 128 valence electrons. The van der Waals surface area contributed by atoms with Gasteiger partial charge in [-0.2, -0.15) is 10.2 Å². The van der Waals surface area contributed by atoms with Crippen LogP contribution >= 0.6 is 11.6 Å². The second-order valence-corrected chi connectivity index (χ2v) is 5.72. The molecule has 0 aliphatic heterocycles. The van der Waals surface area contributed by atoms with Gasteiger partial charge in [0, 0.05) is 19.8 Å². The minimum absolute atomic E-state index is 0.00954. The summed E-state index contributed by atoms with van der Waals surface area (Å²) in [5, 5.41) is 20.3. The molecule has 0 atom stereocenters. The van der Waals surface area contributed by atoms with Gasteiger partial charge in [-0.15, -0.1) is 0 Å². The van der Waals surface area contributed by atoms with Crippen LogP contribution in [-0.4, -0.2) is 36.5 Å². The monoisotopic (exact) mass is 359 g/mol. The molecular formula is C16H14ClN5O3. The van der Waals surface area contributed by atoms with Crippen molar-refractivity contribution in [1.29, 1.82) is 0 Å². The minimum Gasteiger partial charge on any atom is -0.478 e. The highest BCUT2D eigenvalue weighted by Crippen LogP contribution is 2.13. The fourth-order valence-electron chi connectivity index (χ4n) is 2.34. The molecule has 1 amide bonds. The molecule has 0 unspecified atom stereocenters. The number of carbonyl (C=O) groups excluding carboxylic acids is 1. The van der Waals surface area contributed by atoms with Crippen LogP contribution in [0.15, 0.2) is 42.9 Å². The predicted molar refractivity (Wildman–Crippen MR) is 89.9 cm³/mol. The van der Waals surface area contributed by atoms with E-state index < -0.39 is 11.9 Å². The smallest absolute Gasteiger partial charge is 0.339 e. The molecule has 3 aromatic rings. The zero-order chi connectivity index (χ0) is 18.0. The van der Waals surface area contributed by atoms with Crippen molar-refractivity contribution in [2.45, 2.75) is 6.54 Å². The van der Waals surface area contributed by atoms with Crippen molar-refractivity contribution in [1.82, 2.24) is 24.9 Å². The van der Waals surface area contributed by atoms with Crippen molar-refractivity contribution in [3.8, 4) is 5.69 Å². The zero-order valence-electron chi connectivity index (χ0n) is 13.2. The second kappa shape index (κ2) is 6.78. The van der Waals surface area contributed by atoms with Crippen molar-refractivity contribution < 1.29 is 14.7 Å². The van der Waals surface area contributed by atoms with Crippen LogP contribution in [0.2, 0.25) is 5.02 Å². The topological polar surface area (TPSA) is 102 Å². The van der Waals surface area contributed by atoms with Gasteiger partial charge in [0.15, 0.2) is 0 Å². The summed E-state index contributed by atoms with van der Waals surface area (Å²) in [7, 11) is 1.52. The number of carboxylic acids is 1. The molecule has 0 saturated heterocycles. The van der Waals surface area contributed by atoms with Gasteiger partial charge in [0.2, 0.25) is 0 Å². The molecule has 0 aliphatic rings. The van der Waals surface area contributed by atoms with Crippen LogP contribution in [0.1, 0.15) is 26.4 Å². The maximum Gasteiger partial charge on any atom is 0.339 e. The number of carbonyl (C=O) groups is 2. The number of rotatable bonds is 5. The molecular weight excluding hydrogens is 346 g/mol. The lowest BCUT2D eigenvalue weighted by atomic mass is 10.2. The van der Waals surface area contributed by atoms with Gasteiger partial charge in [0.1, 0.15) is 11.3 Å². The average Bonchev–Trinajstić information content (AvgIpc) is 3.19. The van der Waals surface area contributed by atoms with E-state index in [4.69, 9.17) is 16.7 Å². The molecule has 0 radical (unpaired) electrons. The summed E-state index contributed by atoms with van der Waals surface area (Å²) in [5.41, 5.74) is 1.57. The van der Waals surface area contributed by atoms with Crippen LogP contribution < -0.4 is 5.32 Å². The first-order chi connectivity index (χ1) is 12.0. The Labute approximate surface area is 147 Å². The standard InChI is InChI=1S/C16H14ClN5O3/c1-21-14(13(8-19-21)16(24)25)15(23)18-6-10-2-4-12(5-3-10)22-9-11(17)7-20-22/h2-5,7-9H,6H2,1H3,(H,18,23)(H,24,25). The molecule has 9 heteroatoms. The summed E-state index contributed by atoms with van der Waals surface area (Å²) in [6, 6.07) is 7.37. The maximum absolute atomic E-state index is 12.3. The Morgan fingerprint density at radius 1 is 1.20 bits per heavy atom. The molecule has 3 rings (SSSR count). The summed E-state index contributed by atoms with van der Waals surface area (Å²) in [6.45, 7) is 0.253. The zero-order valence-corrected chi connectivity index (χ0v) is 13.9. The van der Waals surface area contributed by atoms with Gasteiger partial charge < -0.3 is 10.4 Å². The number of nitrogens with zero attached hydrogens (tertiary/aromatic N) is 4. The Balaban J connectivity index is 1.69. The van der Waals surface area contributed by atoms with E-state index >= 15 is 0 Å². The number of hydrogen-bond acceptors (Lipinski definition) is 4. The van der Waals surface area contributed by atoms with Gasteiger partial charge in [-0.05, 0) is 17.7 Å². The number of aryl methyl sites for hydroxylation is 1. The number of carboxylic acid groups (broad SMARTS) is 1. The van der Waals surface area contributed by atoms with E-state index in [-0.39, 0.29) is 17.8 Å². The quantitative estimate of drug-likeness (QED) is 0.724. The highest BCUT2D eigenvalue weighted by atomic mass is 35.5. The lowest BCUT2D eigenvalue weighted by Crippen LogP contribution is -2.27. The van der Waals surface area contributed by atoms with E-state index in [2.05, 4.69) is 15.5 Å². The van der Waals surface area contributed by atoms with Gasteiger partial charge in [-0.1, -0.05) is 23.7 Å². The summed E-state index contributed by atoms with van der Waals surface area (Å²) in [6.07, 6.45) is 4.39. The Kier molecular flexibility index (Phi) is 4.53. The van der Waals surface area contributed by atoms with Crippen LogP contribution in [0.5, 0.6) is 0 Å². The van der Waals surface area contributed by atoms with Crippen LogP contribution in [0, 0.1) is 0 Å². The Morgan fingerprint density at radius 2 is 1.92 bits per heavy atom. The van der Waals surface area contributed by atoms with Gasteiger partial charge in [0.25, 0.3) is 5.91 Å². The molecule has 1 aromatic carbocycles. The minimum atomic E-state index is -1.19. The highest BCUT2D eigenvalue weighted by molar-refractivity contribution is 6.30. The first-order valence-electron chi connectivity index (χ1n) is 7.28. The Bertz CT molecular complexity index is 930. The van der Waals surface area contributed by atoms with Crippen molar-refractivity contribution in [2.75, 3.05) is 0 Å². The molecule has 0 fully saturated rings.